The molecule has 3 aromatic rings. The first-order chi connectivity index (χ1) is 14.5. The topological polar surface area (TPSA) is 68.8 Å². The van der Waals surface area contributed by atoms with Gasteiger partial charge in [-0.15, -0.1) is 0 Å². The van der Waals surface area contributed by atoms with E-state index in [9.17, 15) is 9.90 Å². The van der Waals surface area contributed by atoms with E-state index in [2.05, 4.69) is 25.8 Å². The van der Waals surface area contributed by atoms with Gasteiger partial charge in [-0.25, -0.2) is 0 Å². The van der Waals surface area contributed by atoms with Gasteiger partial charge in [0.25, 0.3) is 0 Å². The molecule has 0 spiro atoms. The summed E-state index contributed by atoms with van der Waals surface area (Å²) in [5, 5.41) is 11.6. The highest BCUT2D eigenvalue weighted by molar-refractivity contribution is 9.10. The lowest BCUT2D eigenvalue weighted by Crippen LogP contribution is -2.50. The third kappa shape index (κ3) is 4.81. The first kappa shape index (κ1) is 21.2. The number of nitrogens with one attached hydrogen (secondary N) is 1. The van der Waals surface area contributed by atoms with Crippen molar-refractivity contribution in [2.24, 2.45) is 0 Å². The highest BCUT2D eigenvalue weighted by Gasteiger charge is 2.32. The average Bonchev–Trinajstić information content (AvgIpc) is 3.13. The molecule has 1 atom stereocenters. The van der Waals surface area contributed by atoms with Crippen LogP contribution in [0.1, 0.15) is 11.6 Å². The van der Waals surface area contributed by atoms with E-state index in [1.54, 1.807) is 0 Å². The van der Waals surface area contributed by atoms with Gasteiger partial charge in [-0.1, -0.05) is 27.5 Å². The van der Waals surface area contributed by atoms with Crippen molar-refractivity contribution in [3.05, 3.63) is 63.7 Å². The van der Waals surface area contributed by atoms with Gasteiger partial charge < -0.3 is 14.8 Å². The van der Waals surface area contributed by atoms with Crippen molar-refractivity contribution in [3.63, 3.8) is 0 Å². The lowest BCUT2D eigenvalue weighted by molar-refractivity contribution is -0.144. The molecular weight excluding hydrogens is 470 g/mol. The number of carboxylic acids is 1. The number of carbonyl (C=O) groups is 1. The number of ether oxygens (including phenoxy) is 1. The summed E-state index contributed by atoms with van der Waals surface area (Å²) in [6, 6.07) is 12.6. The molecule has 0 amide bonds. The van der Waals surface area contributed by atoms with Crippen molar-refractivity contribution >= 4 is 44.4 Å². The predicted molar refractivity (Wildman–Crippen MR) is 121 cm³/mol. The summed E-state index contributed by atoms with van der Waals surface area (Å²) in [5.74, 6) is -0.0233. The number of aliphatic carboxylic acids is 1. The second-order valence-corrected chi connectivity index (χ2v) is 8.71. The largest absolute Gasteiger partial charge is 0.492 e. The Balaban J connectivity index is 1.36. The fourth-order valence-corrected chi connectivity index (χ4v) is 4.38. The SMILES string of the molecule is O=C(O)[C@@H](c1c[nH]c2ccc(Br)cc12)N1CCN(CCOc2ccc(Cl)cc2)CC1. The minimum atomic E-state index is -0.824. The van der Waals surface area contributed by atoms with Gasteiger partial charge >= 0.3 is 5.97 Å². The summed E-state index contributed by atoms with van der Waals surface area (Å²) < 4.78 is 6.71. The Morgan fingerprint density at radius 2 is 1.90 bits per heavy atom. The Bertz CT molecular complexity index is 1020. The number of aromatic amines is 1. The number of hydrogen-bond acceptors (Lipinski definition) is 4. The molecule has 6 nitrogen and oxygen atoms in total. The Morgan fingerprint density at radius 3 is 2.60 bits per heavy atom. The summed E-state index contributed by atoms with van der Waals surface area (Å²) in [7, 11) is 0. The van der Waals surface area contributed by atoms with Crippen molar-refractivity contribution in [1.82, 2.24) is 14.8 Å². The lowest BCUT2D eigenvalue weighted by atomic mass is 10.0. The molecule has 1 fully saturated rings. The van der Waals surface area contributed by atoms with E-state index in [0.29, 0.717) is 24.7 Å². The number of nitrogens with zero attached hydrogens (tertiary/aromatic N) is 2. The number of fused-ring (bicyclic) bond motifs is 1. The number of benzene rings is 2. The zero-order valence-electron chi connectivity index (χ0n) is 16.4. The van der Waals surface area contributed by atoms with Crippen LogP contribution in [-0.2, 0) is 4.79 Å². The first-order valence-electron chi connectivity index (χ1n) is 9.85. The summed E-state index contributed by atoms with van der Waals surface area (Å²) in [6.07, 6.45) is 1.82. The molecule has 8 heteroatoms. The van der Waals surface area contributed by atoms with Crippen molar-refractivity contribution in [2.45, 2.75) is 6.04 Å². The van der Waals surface area contributed by atoms with Crippen molar-refractivity contribution in [1.29, 1.82) is 0 Å². The van der Waals surface area contributed by atoms with Gasteiger partial charge in [-0.05, 0) is 42.5 Å². The molecule has 1 aliphatic rings. The molecule has 1 aliphatic heterocycles. The van der Waals surface area contributed by atoms with Crippen LogP contribution in [0.25, 0.3) is 10.9 Å². The molecule has 2 aromatic carbocycles. The molecule has 1 saturated heterocycles. The molecule has 2 N–H and O–H groups in total. The van der Waals surface area contributed by atoms with E-state index in [1.165, 1.54) is 0 Å². The number of piperazine rings is 1. The van der Waals surface area contributed by atoms with E-state index < -0.39 is 12.0 Å². The van der Waals surface area contributed by atoms with Crippen LogP contribution < -0.4 is 4.74 Å². The molecule has 0 unspecified atom stereocenters. The van der Waals surface area contributed by atoms with Gasteiger partial charge in [0.1, 0.15) is 18.4 Å². The Kier molecular flexibility index (Phi) is 6.63. The van der Waals surface area contributed by atoms with Crippen LogP contribution in [-0.4, -0.2) is 65.2 Å². The average molecular weight is 493 g/mol. The van der Waals surface area contributed by atoms with Gasteiger partial charge in [-0.2, -0.15) is 0 Å². The number of H-pyrrole nitrogens is 1. The minimum Gasteiger partial charge on any atom is -0.492 e. The van der Waals surface area contributed by atoms with Gasteiger partial charge in [0.15, 0.2) is 0 Å². The normalized spacial score (nSPS) is 16.6. The Hall–Kier alpha value is -2.06. The summed E-state index contributed by atoms with van der Waals surface area (Å²) >= 11 is 9.38. The van der Waals surface area contributed by atoms with E-state index in [4.69, 9.17) is 16.3 Å². The molecule has 158 valence electrons. The highest BCUT2D eigenvalue weighted by atomic mass is 79.9. The van der Waals surface area contributed by atoms with Crippen LogP contribution in [0.4, 0.5) is 0 Å². The third-order valence-corrected chi connectivity index (χ3v) is 6.21. The van der Waals surface area contributed by atoms with Crippen LogP contribution >= 0.6 is 27.5 Å². The number of aromatic nitrogens is 1. The molecule has 2 heterocycles. The minimum absolute atomic E-state index is 0.584. The van der Waals surface area contributed by atoms with Crippen molar-refractivity contribution in [2.75, 3.05) is 39.3 Å². The molecule has 0 radical (unpaired) electrons. The Labute approximate surface area is 188 Å². The predicted octanol–water partition coefficient (Wildman–Crippen LogP) is 4.41. The van der Waals surface area contributed by atoms with E-state index >= 15 is 0 Å². The fourth-order valence-electron chi connectivity index (χ4n) is 3.90. The molecule has 30 heavy (non-hydrogen) atoms. The first-order valence-corrected chi connectivity index (χ1v) is 11.0. The standard InChI is InChI=1S/C22H23BrClN3O3/c23-15-1-6-20-18(13-15)19(14-25-20)21(22(28)29)27-9-7-26(8-10-27)11-12-30-17-4-2-16(24)3-5-17/h1-6,13-14,21,25H,7-12H2,(H,28,29)/t21-/m1/s1. The molecule has 4 rings (SSSR count). The van der Waals surface area contributed by atoms with E-state index in [-0.39, 0.29) is 0 Å². The number of hydrogen-bond donors (Lipinski definition) is 2. The van der Waals surface area contributed by atoms with Gasteiger partial charge in [0.05, 0.1) is 0 Å². The molecule has 0 aliphatic carbocycles. The quantitative estimate of drug-likeness (QED) is 0.511. The van der Waals surface area contributed by atoms with Crippen LogP contribution in [0.2, 0.25) is 5.02 Å². The lowest BCUT2D eigenvalue weighted by Gasteiger charge is -2.37. The Morgan fingerprint density at radius 1 is 1.17 bits per heavy atom. The summed E-state index contributed by atoms with van der Waals surface area (Å²) in [6.45, 7) is 4.38. The van der Waals surface area contributed by atoms with E-state index in [0.717, 1.165) is 46.3 Å². The second-order valence-electron chi connectivity index (χ2n) is 7.35. The van der Waals surface area contributed by atoms with Gasteiger partial charge in [-0.3, -0.25) is 14.6 Å². The maximum Gasteiger partial charge on any atom is 0.325 e. The van der Waals surface area contributed by atoms with Crippen LogP contribution in [0.3, 0.4) is 0 Å². The number of rotatable bonds is 7. The molecule has 0 saturated carbocycles. The highest BCUT2D eigenvalue weighted by Crippen LogP contribution is 2.31. The monoisotopic (exact) mass is 491 g/mol. The summed E-state index contributed by atoms with van der Waals surface area (Å²) in [4.78, 5) is 19.7. The fraction of sp³-hybridized carbons (Fsp3) is 0.318. The molecule has 0 bridgehead atoms. The number of carboxylic acid groups (broad SMARTS) is 1. The molecular formula is C22H23BrClN3O3. The molecule has 1 aromatic heterocycles. The maximum absolute atomic E-state index is 12.1. The van der Waals surface area contributed by atoms with Crippen LogP contribution in [0, 0.1) is 0 Å². The zero-order chi connectivity index (χ0) is 21.1. The zero-order valence-corrected chi connectivity index (χ0v) is 18.7. The van der Waals surface area contributed by atoms with Crippen molar-refractivity contribution in [3.8, 4) is 5.75 Å². The van der Waals surface area contributed by atoms with Gasteiger partial charge in [0, 0.05) is 64.9 Å². The van der Waals surface area contributed by atoms with Crippen molar-refractivity contribution < 1.29 is 14.6 Å². The smallest absolute Gasteiger partial charge is 0.325 e. The third-order valence-electron chi connectivity index (χ3n) is 5.47. The number of halogens is 2. The summed E-state index contributed by atoms with van der Waals surface area (Å²) in [5.41, 5.74) is 1.75. The van der Waals surface area contributed by atoms with Crippen LogP contribution in [0.5, 0.6) is 5.75 Å². The van der Waals surface area contributed by atoms with E-state index in [1.807, 2.05) is 53.6 Å². The maximum atomic E-state index is 12.1. The second kappa shape index (κ2) is 9.39. The van der Waals surface area contributed by atoms with Crippen LogP contribution in [0.15, 0.2) is 53.1 Å². The van der Waals surface area contributed by atoms with Gasteiger partial charge in [0.2, 0.25) is 0 Å².